The maximum atomic E-state index is 12.0. The smallest absolute Gasteiger partial charge is 0.303 e. The number of sulfone groups is 1. The van der Waals surface area contributed by atoms with Crippen LogP contribution in [-0.4, -0.2) is 36.7 Å². The Morgan fingerprint density at radius 1 is 1.13 bits per heavy atom. The van der Waals surface area contributed by atoms with Gasteiger partial charge in [0.15, 0.2) is 9.84 Å². The maximum absolute atomic E-state index is 12.0. The van der Waals surface area contributed by atoms with E-state index >= 15 is 0 Å². The fourth-order valence-electron chi connectivity index (χ4n) is 1.99. The van der Waals surface area contributed by atoms with E-state index in [4.69, 9.17) is 5.11 Å². The quantitative estimate of drug-likeness (QED) is 0.750. The highest BCUT2D eigenvalue weighted by atomic mass is 32.2. The third-order valence-corrected chi connectivity index (χ3v) is 5.61. The van der Waals surface area contributed by atoms with Crippen LogP contribution in [0.1, 0.15) is 39.2 Å². The third-order valence-electron chi connectivity index (χ3n) is 3.44. The number of benzene rings is 1. The Balaban J connectivity index is 2.61. The van der Waals surface area contributed by atoms with E-state index in [9.17, 15) is 18.0 Å². The van der Waals surface area contributed by atoms with Crippen molar-refractivity contribution in [2.45, 2.75) is 56.2 Å². The van der Waals surface area contributed by atoms with Crippen LogP contribution in [0.5, 0.6) is 0 Å². The van der Waals surface area contributed by atoms with Crippen LogP contribution in [0.25, 0.3) is 0 Å². The van der Waals surface area contributed by atoms with Gasteiger partial charge in [0.25, 0.3) is 0 Å². The molecule has 1 aromatic rings. The van der Waals surface area contributed by atoms with Crippen LogP contribution in [0.3, 0.4) is 0 Å². The zero-order valence-corrected chi connectivity index (χ0v) is 14.4. The zero-order chi connectivity index (χ0) is 17.6. The van der Waals surface area contributed by atoms with Gasteiger partial charge in [-0.15, -0.1) is 0 Å². The van der Waals surface area contributed by atoms with Gasteiger partial charge in [0.05, 0.1) is 16.6 Å². The van der Waals surface area contributed by atoms with Gasteiger partial charge in [-0.3, -0.25) is 9.59 Å². The third kappa shape index (κ3) is 6.02. The van der Waals surface area contributed by atoms with Crippen molar-refractivity contribution in [3.8, 4) is 0 Å². The van der Waals surface area contributed by atoms with Gasteiger partial charge in [-0.1, -0.05) is 12.1 Å². The first-order chi connectivity index (χ1) is 10.6. The van der Waals surface area contributed by atoms with Crippen molar-refractivity contribution in [2.75, 3.05) is 0 Å². The number of carboxylic acid groups (broad SMARTS) is 1. The van der Waals surface area contributed by atoms with Crippen LogP contribution in [0.2, 0.25) is 0 Å². The number of carbonyl (C=O) groups excluding carboxylic acids is 1. The molecule has 2 N–H and O–H groups in total. The molecular weight excluding hydrogens is 318 g/mol. The van der Waals surface area contributed by atoms with Crippen LogP contribution in [0.15, 0.2) is 29.2 Å². The number of carbonyl (C=O) groups is 2. The molecule has 0 saturated carbocycles. The number of amides is 1. The summed E-state index contributed by atoms with van der Waals surface area (Å²) in [4.78, 5) is 22.6. The van der Waals surface area contributed by atoms with E-state index in [1.54, 1.807) is 32.9 Å². The topological polar surface area (TPSA) is 101 Å². The predicted molar refractivity (Wildman–Crippen MR) is 86.9 cm³/mol. The molecule has 0 radical (unpaired) electrons. The molecule has 128 valence electrons. The van der Waals surface area contributed by atoms with Crippen LogP contribution in [-0.2, 0) is 25.8 Å². The number of carboxylic acids is 1. The number of nitrogens with one attached hydrogen (secondary N) is 1. The number of hydrogen-bond acceptors (Lipinski definition) is 4. The van der Waals surface area contributed by atoms with E-state index in [2.05, 4.69) is 5.32 Å². The standard InChI is InChI=1S/C16H23NO5S/c1-11(2)23(21,22)14-7-5-13(6-8-14)10-15(18)17-12(3)4-9-16(19)20/h5-8,11-12H,4,9-10H2,1-3H3,(H,17,18)(H,19,20). The summed E-state index contributed by atoms with van der Waals surface area (Å²) < 4.78 is 24.0. The van der Waals surface area contributed by atoms with Gasteiger partial charge in [0, 0.05) is 12.5 Å². The SMILES string of the molecule is CC(CCC(=O)O)NC(=O)Cc1ccc(S(=O)(=O)C(C)C)cc1. The molecule has 0 heterocycles. The second kappa shape index (κ2) is 8.10. The Hall–Kier alpha value is -1.89. The van der Waals surface area contributed by atoms with Crippen molar-refractivity contribution < 1.29 is 23.1 Å². The molecule has 0 saturated heterocycles. The Kier molecular flexibility index (Phi) is 6.75. The molecule has 23 heavy (non-hydrogen) atoms. The Morgan fingerprint density at radius 2 is 1.70 bits per heavy atom. The molecular formula is C16H23NO5S. The minimum atomic E-state index is -3.31. The Morgan fingerprint density at radius 3 is 2.17 bits per heavy atom. The molecule has 1 rings (SSSR count). The molecule has 7 heteroatoms. The van der Waals surface area contributed by atoms with Crippen LogP contribution >= 0.6 is 0 Å². The van der Waals surface area contributed by atoms with Crippen molar-refractivity contribution in [1.82, 2.24) is 5.32 Å². The lowest BCUT2D eigenvalue weighted by Gasteiger charge is -2.13. The molecule has 0 aromatic heterocycles. The van der Waals surface area contributed by atoms with Gasteiger partial charge >= 0.3 is 5.97 Å². The van der Waals surface area contributed by atoms with Gasteiger partial charge in [0.2, 0.25) is 5.91 Å². The summed E-state index contributed by atoms with van der Waals surface area (Å²) in [5, 5.41) is 10.8. The highest BCUT2D eigenvalue weighted by Crippen LogP contribution is 2.16. The molecule has 0 aliphatic heterocycles. The first-order valence-corrected chi connectivity index (χ1v) is 9.01. The number of aliphatic carboxylic acids is 1. The van der Waals surface area contributed by atoms with E-state index in [0.717, 1.165) is 0 Å². The monoisotopic (exact) mass is 341 g/mol. The summed E-state index contributed by atoms with van der Waals surface area (Å²) in [5.41, 5.74) is 0.704. The molecule has 1 amide bonds. The zero-order valence-electron chi connectivity index (χ0n) is 13.6. The average Bonchev–Trinajstić information content (AvgIpc) is 2.45. The normalized spacial score (nSPS) is 12.9. The molecule has 0 spiro atoms. The van der Waals surface area contributed by atoms with Crippen molar-refractivity contribution in [1.29, 1.82) is 0 Å². The molecule has 1 atom stereocenters. The van der Waals surface area contributed by atoms with Gasteiger partial charge in [-0.2, -0.15) is 0 Å². The predicted octanol–water partition coefficient (Wildman–Crippen LogP) is 1.78. The minimum absolute atomic E-state index is 0.00318. The lowest BCUT2D eigenvalue weighted by atomic mass is 10.1. The summed E-state index contributed by atoms with van der Waals surface area (Å²) in [7, 11) is -3.31. The summed E-state index contributed by atoms with van der Waals surface area (Å²) in [6.45, 7) is 4.99. The second-order valence-corrected chi connectivity index (χ2v) is 8.32. The first-order valence-electron chi connectivity index (χ1n) is 7.47. The lowest BCUT2D eigenvalue weighted by molar-refractivity contribution is -0.137. The summed E-state index contributed by atoms with van der Waals surface area (Å²) >= 11 is 0. The molecule has 1 aromatic carbocycles. The highest BCUT2D eigenvalue weighted by Gasteiger charge is 2.19. The Labute approximate surface area is 136 Å². The number of rotatable bonds is 8. The largest absolute Gasteiger partial charge is 0.481 e. The maximum Gasteiger partial charge on any atom is 0.303 e. The van der Waals surface area contributed by atoms with Crippen molar-refractivity contribution in [2.24, 2.45) is 0 Å². The van der Waals surface area contributed by atoms with Crippen LogP contribution < -0.4 is 5.32 Å². The van der Waals surface area contributed by atoms with Gasteiger partial charge in [-0.05, 0) is 44.9 Å². The molecule has 6 nitrogen and oxygen atoms in total. The van der Waals surface area contributed by atoms with Crippen molar-refractivity contribution >= 4 is 21.7 Å². The summed E-state index contributed by atoms with van der Waals surface area (Å²) in [5.74, 6) is -1.12. The van der Waals surface area contributed by atoms with E-state index in [-0.39, 0.29) is 29.7 Å². The van der Waals surface area contributed by atoms with Crippen LogP contribution in [0.4, 0.5) is 0 Å². The fraction of sp³-hybridized carbons (Fsp3) is 0.500. The van der Waals surface area contributed by atoms with E-state index < -0.39 is 21.1 Å². The van der Waals surface area contributed by atoms with Gasteiger partial charge in [0.1, 0.15) is 0 Å². The van der Waals surface area contributed by atoms with E-state index in [1.165, 1.54) is 12.1 Å². The Bertz CT molecular complexity index is 650. The number of hydrogen-bond donors (Lipinski definition) is 2. The average molecular weight is 341 g/mol. The van der Waals surface area contributed by atoms with Gasteiger partial charge in [-0.25, -0.2) is 8.42 Å². The van der Waals surface area contributed by atoms with E-state index in [0.29, 0.717) is 12.0 Å². The minimum Gasteiger partial charge on any atom is -0.481 e. The van der Waals surface area contributed by atoms with Crippen LogP contribution in [0, 0.1) is 0 Å². The summed E-state index contributed by atoms with van der Waals surface area (Å²) in [6.07, 6.45) is 0.495. The second-order valence-electron chi connectivity index (χ2n) is 5.82. The highest BCUT2D eigenvalue weighted by molar-refractivity contribution is 7.92. The lowest BCUT2D eigenvalue weighted by Crippen LogP contribution is -2.34. The molecule has 1 unspecified atom stereocenters. The summed E-state index contributed by atoms with van der Waals surface area (Å²) in [6, 6.07) is 6.03. The van der Waals surface area contributed by atoms with E-state index in [1.807, 2.05) is 0 Å². The molecule has 0 aliphatic rings. The molecule has 0 aliphatic carbocycles. The van der Waals surface area contributed by atoms with Crippen molar-refractivity contribution in [3.63, 3.8) is 0 Å². The van der Waals surface area contributed by atoms with Crippen molar-refractivity contribution in [3.05, 3.63) is 29.8 Å². The fourth-order valence-corrected chi connectivity index (χ4v) is 3.05. The molecule has 0 fully saturated rings. The van der Waals surface area contributed by atoms with Gasteiger partial charge < -0.3 is 10.4 Å². The first kappa shape index (κ1) is 19.2. The molecule has 0 bridgehead atoms.